The fourth-order valence-corrected chi connectivity index (χ4v) is 0. The van der Waals surface area contributed by atoms with Crippen molar-refractivity contribution >= 4 is 131 Å². The predicted octanol–water partition coefficient (Wildman–Crippen LogP) is -0.721. The quantitative estimate of drug-likeness (QED) is 0.388. The van der Waals surface area contributed by atoms with E-state index in [-0.39, 0.29) is 131 Å². The first-order valence-corrected chi connectivity index (χ1v) is 0. The molecule has 0 aromatic rings. The summed E-state index contributed by atoms with van der Waals surface area (Å²) in [5.74, 6) is 0. The summed E-state index contributed by atoms with van der Waals surface area (Å²) < 4.78 is 0. The van der Waals surface area contributed by atoms with Gasteiger partial charge in [-0.15, -0.1) is 12.4 Å². The molecule has 4 heteroatoms. The number of halogens is 1. The second-order valence-electron chi connectivity index (χ2n) is 0. The van der Waals surface area contributed by atoms with E-state index < -0.39 is 0 Å². The Morgan fingerprint density at radius 2 is 1.00 bits per heavy atom. The van der Waals surface area contributed by atoms with Gasteiger partial charge in [0.25, 0.3) is 0 Å². The first kappa shape index (κ1) is 24.1. The van der Waals surface area contributed by atoms with Crippen molar-refractivity contribution in [1.29, 1.82) is 0 Å². The number of hydrogen-bond acceptors (Lipinski definition) is 0. The van der Waals surface area contributed by atoms with Crippen molar-refractivity contribution in [3.8, 4) is 0 Å². The van der Waals surface area contributed by atoms with Crippen molar-refractivity contribution in [2.75, 3.05) is 0 Å². The van der Waals surface area contributed by atoms with Crippen LogP contribution in [0.4, 0.5) is 0 Å². The van der Waals surface area contributed by atoms with E-state index in [2.05, 4.69) is 0 Å². The van der Waals surface area contributed by atoms with Crippen molar-refractivity contribution in [2.45, 2.75) is 0 Å². The zero-order chi connectivity index (χ0) is 0. The molecule has 0 unspecified atom stereocenters. The third kappa shape index (κ3) is 9.49. The summed E-state index contributed by atoms with van der Waals surface area (Å²) in [7, 11) is 0. The van der Waals surface area contributed by atoms with E-state index >= 15 is 0 Å². The van der Waals surface area contributed by atoms with E-state index in [0.717, 1.165) is 0 Å². The molecule has 4 radical (unpaired) electrons. The molecule has 0 nitrogen and oxygen atoms in total. The van der Waals surface area contributed by atoms with Crippen LogP contribution in [-0.2, 0) is 0 Å². The fraction of sp³-hybridized carbons (Fsp3) is 0. The summed E-state index contributed by atoms with van der Waals surface area (Å²) in [6, 6.07) is 0. The summed E-state index contributed by atoms with van der Waals surface area (Å²) >= 11 is 0. The monoisotopic (exact) mass is 138 g/mol. The maximum absolute atomic E-state index is 0. The van der Waals surface area contributed by atoms with Crippen LogP contribution < -0.4 is 0 Å². The van der Waals surface area contributed by atoms with Gasteiger partial charge in [-0.1, -0.05) is 0 Å². The van der Waals surface area contributed by atoms with Crippen LogP contribution in [0.1, 0.15) is 0 Å². The van der Waals surface area contributed by atoms with E-state index in [1.807, 2.05) is 0 Å². The van der Waals surface area contributed by atoms with Crippen LogP contribution in [0.5, 0.6) is 0 Å². The zero-order valence-corrected chi connectivity index (χ0v) is 11.3. The molecule has 0 spiro atoms. The molecule has 0 rings (SSSR count). The average molecular weight is 139 g/mol. The molecule has 12 valence electrons. The average Bonchev–Trinajstić information content (AvgIpc) is 0. The minimum absolute atomic E-state index is 0. The second kappa shape index (κ2) is 15.7. The maximum Gasteiger partial charge on any atom is 0 e. The van der Waals surface area contributed by atoms with E-state index in [0.29, 0.717) is 0 Å². The molecule has 0 N–H and O–H groups in total. The maximum atomic E-state index is 0. The SMILES string of the molecule is Cl.[Ca].[K].[Na]. The Morgan fingerprint density at radius 1 is 1.00 bits per heavy atom. The number of hydrogen-bond donors (Lipinski definition) is 0. The molecule has 0 amide bonds. The Balaban J connectivity index is 0. The van der Waals surface area contributed by atoms with Crippen LogP contribution in [-0.4, -0.2) is 119 Å². The van der Waals surface area contributed by atoms with Crippen molar-refractivity contribution in [1.82, 2.24) is 0 Å². The minimum atomic E-state index is 0. The molecule has 0 saturated carbocycles. The Hall–Kier alpha value is 4.19. The van der Waals surface area contributed by atoms with Gasteiger partial charge in [-0.3, -0.25) is 0 Å². The van der Waals surface area contributed by atoms with Gasteiger partial charge < -0.3 is 0 Å². The van der Waals surface area contributed by atoms with Crippen LogP contribution in [0, 0.1) is 0 Å². The largest absolute Gasteiger partial charge is 0.147 e. The molecule has 0 aliphatic rings. The van der Waals surface area contributed by atoms with Gasteiger partial charge in [-0.2, -0.15) is 0 Å². The third-order valence-corrected chi connectivity index (χ3v) is 0. The summed E-state index contributed by atoms with van der Waals surface area (Å²) in [5, 5.41) is 0. The van der Waals surface area contributed by atoms with Crippen molar-refractivity contribution in [3.63, 3.8) is 0 Å². The zero-order valence-electron chi connectivity index (χ0n) is 3.12. The van der Waals surface area contributed by atoms with Crippen molar-refractivity contribution in [2.24, 2.45) is 0 Å². The first-order chi connectivity index (χ1) is 0. The Morgan fingerprint density at radius 3 is 1.00 bits per heavy atom. The smallest absolute Gasteiger partial charge is 0 e. The molecule has 4 heavy (non-hydrogen) atoms. The molecular formula is HCaClKNa. The standard InChI is InChI=1S/Ca.ClH.K.Na/h;1H;;. The van der Waals surface area contributed by atoms with Crippen LogP contribution in [0.25, 0.3) is 0 Å². The van der Waals surface area contributed by atoms with E-state index in [4.69, 9.17) is 0 Å². The van der Waals surface area contributed by atoms with Gasteiger partial charge in [0.05, 0.1) is 0 Å². The summed E-state index contributed by atoms with van der Waals surface area (Å²) in [6.45, 7) is 0. The third-order valence-electron chi connectivity index (χ3n) is 0. The van der Waals surface area contributed by atoms with Crippen LogP contribution in [0.2, 0.25) is 0 Å². The molecule has 0 atom stereocenters. The molecule has 0 aromatic heterocycles. The van der Waals surface area contributed by atoms with Gasteiger partial charge in [0, 0.05) is 119 Å². The normalized spacial score (nSPS) is 0. The van der Waals surface area contributed by atoms with Gasteiger partial charge in [-0.05, 0) is 0 Å². The molecule has 0 aliphatic heterocycles. The topological polar surface area (TPSA) is 0 Å². The Labute approximate surface area is 127 Å². The molecule has 0 fully saturated rings. The first-order valence-electron chi connectivity index (χ1n) is 0. The predicted molar refractivity (Wildman–Crippen MR) is 24.5 cm³/mol. The van der Waals surface area contributed by atoms with Crippen LogP contribution >= 0.6 is 12.4 Å². The molecule has 0 heterocycles. The molecule has 0 aromatic carbocycles. The molecule has 0 saturated heterocycles. The van der Waals surface area contributed by atoms with E-state index in [9.17, 15) is 0 Å². The van der Waals surface area contributed by atoms with Gasteiger partial charge in [0.15, 0.2) is 0 Å². The van der Waals surface area contributed by atoms with Crippen molar-refractivity contribution in [3.05, 3.63) is 0 Å². The van der Waals surface area contributed by atoms with Crippen LogP contribution in [0.15, 0.2) is 0 Å². The van der Waals surface area contributed by atoms with E-state index in [1.165, 1.54) is 0 Å². The van der Waals surface area contributed by atoms with Gasteiger partial charge in [-0.25, -0.2) is 0 Å². The fourth-order valence-electron chi connectivity index (χ4n) is 0. The van der Waals surface area contributed by atoms with Crippen LogP contribution in [0.3, 0.4) is 0 Å². The molecule has 0 bridgehead atoms. The van der Waals surface area contributed by atoms with E-state index in [1.54, 1.807) is 0 Å². The Kier molecular flexibility index (Phi) is 94.6. The summed E-state index contributed by atoms with van der Waals surface area (Å²) in [5.41, 5.74) is 0. The Bertz CT molecular complexity index is 8.00. The van der Waals surface area contributed by atoms with Gasteiger partial charge >= 0.3 is 0 Å². The molecular weight excluding hydrogens is 138 g/mol. The summed E-state index contributed by atoms with van der Waals surface area (Å²) in [6.07, 6.45) is 0. The summed E-state index contributed by atoms with van der Waals surface area (Å²) in [4.78, 5) is 0. The van der Waals surface area contributed by atoms with Gasteiger partial charge in [0.2, 0.25) is 0 Å². The number of rotatable bonds is 0. The van der Waals surface area contributed by atoms with Gasteiger partial charge in [0.1, 0.15) is 0 Å². The second-order valence-corrected chi connectivity index (χ2v) is 0. The van der Waals surface area contributed by atoms with Crippen molar-refractivity contribution < 1.29 is 0 Å². The minimum Gasteiger partial charge on any atom is -0.147 e. The molecule has 0 aliphatic carbocycles.